The molecule has 0 fully saturated rings. The molecule has 3 aromatic rings. The molecule has 0 spiro atoms. The van der Waals surface area contributed by atoms with E-state index in [0.29, 0.717) is 17.0 Å². The highest BCUT2D eigenvalue weighted by atomic mass is 35.5. The predicted octanol–water partition coefficient (Wildman–Crippen LogP) is 2.23. The average molecular weight is 289 g/mol. The minimum atomic E-state index is -0.485. The zero-order valence-electron chi connectivity index (χ0n) is 10.4. The van der Waals surface area contributed by atoms with Crippen molar-refractivity contribution in [2.75, 3.05) is 7.11 Å². The first kappa shape index (κ1) is 12.6. The van der Waals surface area contributed by atoms with Gasteiger partial charge in [-0.3, -0.25) is 0 Å². The number of hydrogen-bond donors (Lipinski definition) is 0. The summed E-state index contributed by atoms with van der Waals surface area (Å²) in [6.07, 6.45) is 1.62. The van der Waals surface area contributed by atoms with Crippen LogP contribution in [0.3, 0.4) is 0 Å². The zero-order valence-corrected chi connectivity index (χ0v) is 11.2. The van der Waals surface area contributed by atoms with E-state index in [1.807, 2.05) is 12.1 Å². The molecule has 3 aromatic heterocycles. The molecule has 0 saturated carbocycles. The number of fused-ring (bicyclic) bond motifs is 1. The molecule has 0 radical (unpaired) electrons. The van der Waals surface area contributed by atoms with E-state index in [1.165, 1.54) is 7.11 Å². The molecule has 0 saturated heterocycles. The number of methoxy groups -OCH3 is 1. The summed E-state index contributed by atoms with van der Waals surface area (Å²) in [7, 11) is 1.32. The SMILES string of the molecule is COC(=O)c1ccc(Cl)nc1-c1cccc2cnnn12. The maximum Gasteiger partial charge on any atom is 0.340 e. The van der Waals surface area contributed by atoms with E-state index in [0.717, 1.165) is 5.52 Å². The van der Waals surface area contributed by atoms with Crippen LogP contribution < -0.4 is 0 Å². The van der Waals surface area contributed by atoms with Crippen molar-refractivity contribution in [2.24, 2.45) is 0 Å². The predicted molar refractivity (Wildman–Crippen MR) is 72.6 cm³/mol. The van der Waals surface area contributed by atoms with E-state index in [1.54, 1.807) is 28.9 Å². The van der Waals surface area contributed by atoms with E-state index >= 15 is 0 Å². The van der Waals surface area contributed by atoms with Gasteiger partial charge in [0.1, 0.15) is 10.8 Å². The second-order valence-corrected chi connectivity index (χ2v) is 4.39. The lowest BCUT2D eigenvalue weighted by atomic mass is 10.1. The van der Waals surface area contributed by atoms with Gasteiger partial charge in [0.05, 0.1) is 30.1 Å². The fourth-order valence-electron chi connectivity index (χ4n) is 1.94. The van der Waals surface area contributed by atoms with Crippen LogP contribution in [-0.2, 0) is 4.74 Å². The largest absolute Gasteiger partial charge is 0.465 e. The quantitative estimate of drug-likeness (QED) is 0.534. The Morgan fingerprint density at radius 1 is 1.30 bits per heavy atom. The first-order valence-electron chi connectivity index (χ1n) is 5.75. The minimum absolute atomic E-state index is 0.282. The van der Waals surface area contributed by atoms with Crippen LogP contribution in [0.5, 0.6) is 0 Å². The Morgan fingerprint density at radius 2 is 2.15 bits per heavy atom. The van der Waals surface area contributed by atoms with Crippen molar-refractivity contribution in [3.05, 3.63) is 47.2 Å². The van der Waals surface area contributed by atoms with Gasteiger partial charge in [0.2, 0.25) is 0 Å². The molecule has 3 heterocycles. The number of carbonyl (C=O) groups is 1. The van der Waals surface area contributed by atoms with E-state index in [2.05, 4.69) is 15.3 Å². The summed E-state index contributed by atoms with van der Waals surface area (Å²) in [5.74, 6) is -0.485. The number of aromatic nitrogens is 4. The van der Waals surface area contributed by atoms with Crippen molar-refractivity contribution in [1.29, 1.82) is 0 Å². The monoisotopic (exact) mass is 288 g/mol. The van der Waals surface area contributed by atoms with E-state index < -0.39 is 5.97 Å². The summed E-state index contributed by atoms with van der Waals surface area (Å²) < 4.78 is 6.35. The third kappa shape index (κ3) is 2.00. The first-order valence-corrected chi connectivity index (χ1v) is 6.13. The number of carbonyl (C=O) groups excluding carboxylic acids is 1. The Hall–Kier alpha value is -2.47. The molecular formula is C13H9ClN4O2. The fourth-order valence-corrected chi connectivity index (χ4v) is 2.08. The number of hydrogen-bond acceptors (Lipinski definition) is 5. The van der Waals surface area contributed by atoms with Crippen LogP contribution in [0.2, 0.25) is 5.15 Å². The molecule has 6 nitrogen and oxygen atoms in total. The second kappa shape index (κ2) is 4.90. The molecule has 0 aliphatic carbocycles. The van der Waals surface area contributed by atoms with Crippen molar-refractivity contribution < 1.29 is 9.53 Å². The molecule has 0 aliphatic rings. The fraction of sp³-hybridized carbons (Fsp3) is 0.0769. The first-order chi connectivity index (χ1) is 9.70. The van der Waals surface area contributed by atoms with Crippen LogP contribution in [0.4, 0.5) is 0 Å². The third-order valence-corrected chi connectivity index (χ3v) is 3.04. The molecule has 0 amide bonds. The maximum absolute atomic E-state index is 11.8. The lowest BCUT2D eigenvalue weighted by Crippen LogP contribution is -2.07. The molecule has 0 bridgehead atoms. The van der Waals surface area contributed by atoms with Gasteiger partial charge in [-0.05, 0) is 24.3 Å². The highest BCUT2D eigenvalue weighted by Gasteiger charge is 2.18. The van der Waals surface area contributed by atoms with Crippen LogP contribution in [0.1, 0.15) is 10.4 Å². The Morgan fingerprint density at radius 3 is 2.95 bits per heavy atom. The van der Waals surface area contributed by atoms with Gasteiger partial charge in [-0.1, -0.05) is 22.9 Å². The van der Waals surface area contributed by atoms with Crippen molar-refractivity contribution in [2.45, 2.75) is 0 Å². The van der Waals surface area contributed by atoms with Gasteiger partial charge in [-0.15, -0.1) is 5.10 Å². The Labute approximate surface area is 119 Å². The van der Waals surface area contributed by atoms with Gasteiger partial charge in [0.25, 0.3) is 0 Å². The smallest absolute Gasteiger partial charge is 0.340 e. The number of nitrogens with zero attached hydrogens (tertiary/aromatic N) is 4. The van der Waals surface area contributed by atoms with Crippen LogP contribution in [0, 0.1) is 0 Å². The Balaban J connectivity index is 2.30. The molecular weight excluding hydrogens is 280 g/mol. The van der Waals surface area contributed by atoms with Crippen molar-refractivity contribution >= 4 is 23.1 Å². The van der Waals surface area contributed by atoms with Gasteiger partial charge in [0, 0.05) is 0 Å². The summed E-state index contributed by atoms with van der Waals surface area (Å²) >= 11 is 5.93. The number of rotatable bonds is 2. The molecule has 0 aromatic carbocycles. The normalized spacial score (nSPS) is 10.7. The Kier molecular flexibility index (Phi) is 3.08. The summed E-state index contributed by atoms with van der Waals surface area (Å²) in [4.78, 5) is 16.1. The summed E-state index contributed by atoms with van der Waals surface area (Å²) in [5.41, 5.74) is 2.13. The second-order valence-electron chi connectivity index (χ2n) is 4.00. The molecule has 0 aliphatic heterocycles. The average Bonchev–Trinajstić information content (AvgIpc) is 2.94. The van der Waals surface area contributed by atoms with Gasteiger partial charge >= 0.3 is 5.97 Å². The molecule has 0 unspecified atom stereocenters. The van der Waals surface area contributed by atoms with Crippen molar-refractivity contribution in [3.63, 3.8) is 0 Å². The molecule has 20 heavy (non-hydrogen) atoms. The van der Waals surface area contributed by atoms with Gasteiger partial charge in [-0.25, -0.2) is 14.3 Å². The van der Waals surface area contributed by atoms with E-state index in [4.69, 9.17) is 16.3 Å². The Bertz CT molecular complexity index is 800. The standard InChI is InChI=1S/C13H9ClN4O2/c1-20-13(19)9-5-6-11(14)16-12(9)10-4-2-3-8-7-15-17-18(8)10/h2-7H,1H3. The van der Waals surface area contributed by atoms with Gasteiger partial charge in [-0.2, -0.15) is 0 Å². The lowest BCUT2D eigenvalue weighted by Gasteiger charge is -2.08. The molecule has 3 rings (SSSR count). The zero-order chi connectivity index (χ0) is 14.1. The molecule has 7 heteroatoms. The summed E-state index contributed by atoms with van der Waals surface area (Å²) in [5, 5.41) is 8.11. The van der Waals surface area contributed by atoms with Gasteiger partial charge in [0.15, 0.2) is 0 Å². The van der Waals surface area contributed by atoms with E-state index in [9.17, 15) is 4.79 Å². The third-order valence-electron chi connectivity index (χ3n) is 2.83. The molecule has 100 valence electrons. The van der Waals surface area contributed by atoms with Gasteiger partial charge < -0.3 is 4.74 Å². The number of halogens is 1. The number of ether oxygens (including phenoxy) is 1. The minimum Gasteiger partial charge on any atom is -0.465 e. The van der Waals surface area contributed by atoms with E-state index in [-0.39, 0.29) is 5.15 Å². The lowest BCUT2D eigenvalue weighted by molar-refractivity contribution is 0.0601. The highest BCUT2D eigenvalue weighted by molar-refractivity contribution is 6.29. The van der Waals surface area contributed by atoms with Crippen LogP contribution in [0.25, 0.3) is 16.9 Å². The van der Waals surface area contributed by atoms with Crippen LogP contribution >= 0.6 is 11.6 Å². The number of pyridine rings is 2. The molecule has 0 atom stereocenters. The summed E-state index contributed by atoms with van der Waals surface area (Å²) in [6, 6.07) is 8.58. The van der Waals surface area contributed by atoms with Crippen molar-refractivity contribution in [1.82, 2.24) is 19.8 Å². The highest BCUT2D eigenvalue weighted by Crippen LogP contribution is 2.24. The number of esters is 1. The maximum atomic E-state index is 11.8. The van der Waals surface area contributed by atoms with Crippen LogP contribution in [0.15, 0.2) is 36.5 Å². The topological polar surface area (TPSA) is 69.4 Å². The van der Waals surface area contributed by atoms with Crippen LogP contribution in [-0.4, -0.2) is 32.9 Å². The summed E-state index contributed by atoms with van der Waals surface area (Å²) in [6.45, 7) is 0. The molecule has 0 N–H and O–H groups in total. The van der Waals surface area contributed by atoms with Crippen molar-refractivity contribution in [3.8, 4) is 11.4 Å².